The van der Waals surface area contributed by atoms with Crippen LogP contribution >= 0.6 is 0 Å². The number of carbonyl (C=O) groups is 1. The Kier molecular flexibility index (Phi) is 1.94. The van der Waals surface area contributed by atoms with Crippen molar-refractivity contribution in [2.75, 3.05) is 13.2 Å². The zero-order valence-electron chi connectivity index (χ0n) is 6.09. The van der Waals surface area contributed by atoms with E-state index in [2.05, 4.69) is 6.58 Å². The van der Waals surface area contributed by atoms with E-state index < -0.39 is 0 Å². The molecule has 3 heteroatoms. The van der Waals surface area contributed by atoms with Crippen molar-refractivity contribution in [2.45, 2.75) is 13.3 Å². The Morgan fingerprint density at radius 2 is 2.50 bits per heavy atom. The van der Waals surface area contributed by atoms with Gasteiger partial charge in [-0.3, -0.25) is 4.90 Å². The van der Waals surface area contributed by atoms with Gasteiger partial charge in [-0.1, -0.05) is 6.58 Å². The molecule has 0 aliphatic carbocycles. The summed E-state index contributed by atoms with van der Waals surface area (Å²) < 4.78 is 4.78. The van der Waals surface area contributed by atoms with Crippen molar-refractivity contribution in [3.05, 3.63) is 12.3 Å². The maximum atomic E-state index is 10.9. The molecule has 0 bridgehead atoms. The van der Waals surface area contributed by atoms with E-state index in [1.165, 1.54) is 0 Å². The quantitative estimate of drug-likeness (QED) is 0.551. The Hall–Kier alpha value is -0.990. The molecule has 1 heterocycles. The van der Waals surface area contributed by atoms with Gasteiger partial charge in [-0.2, -0.15) is 0 Å². The molecule has 0 unspecified atom stereocenters. The molecule has 0 aromatic heterocycles. The molecule has 1 aliphatic heterocycles. The maximum absolute atomic E-state index is 10.9. The normalized spacial score (nSPS) is 18.5. The van der Waals surface area contributed by atoms with Crippen molar-refractivity contribution in [3.8, 4) is 0 Å². The Morgan fingerprint density at radius 3 is 2.90 bits per heavy atom. The summed E-state index contributed by atoms with van der Waals surface area (Å²) in [6.45, 7) is 6.74. The second-order valence-electron chi connectivity index (χ2n) is 2.35. The molecule has 1 aliphatic rings. The highest BCUT2D eigenvalue weighted by atomic mass is 16.6. The van der Waals surface area contributed by atoms with Crippen molar-refractivity contribution < 1.29 is 9.53 Å². The number of ether oxygens (including phenoxy) is 1. The van der Waals surface area contributed by atoms with Crippen LogP contribution in [0.25, 0.3) is 0 Å². The largest absolute Gasteiger partial charge is 0.449 e. The lowest BCUT2D eigenvalue weighted by Crippen LogP contribution is -2.35. The van der Waals surface area contributed by atoms with E-state index in [4.69, 9.17) is 4.74 Å². The number of carbonyl (C=O) groups excluding carboxylic acids is 1. The van der Waals surface area contributed by atoms with E-state index in [-0.39, 0.29) is 6.09 Å². The molecule has 1 fully saturated rings. The van der Waals surface area contributed by atoms with E-state index in [9.17, 15) is 4.79 Å². The smallest absolute Gasteiger partial charge is 0.413 e. The Balaban J connectivity index is 2.56. The highest BCUT2D eigenvalue weighted by Crippen LogP contribution is 2.09. The van der Waals surface area contributed by atoms with Crippen molar-refractivity contribution in [2.24, 2.45) is 0 Å². The van der Waals surface area contributed by atoms with Crippen LogP contribution in [0.1, 0.15) is 13.3 Å². The summed E-state index contributed by atoms with van der Waals surface area (Å²) in [6.07, 6.45) is 0.636. The summed E-state index contributed by atoms with van der Waals surface area (Å²) in [5.41, 5.74) is 0.754. The molecular formula is C7H11NO2. The number of rotatable bonds is 1. The molecule has 1 rings (SSSR count). The van der Waals surface area contributed by atoms with Gasteiger partial charge < -0.3 is 4.74 Å². The third-order valence-electron chi connectivity index (χ3n) is 1.43. The van der Waals surface area contributed by atoms with Gasteiger partial charge in [0.2, 0.25) is 0 Å². The van der Waals surface area contributed by atoms with Crippen molar-refractivity contribution in [1.29, 1.82) is 0 Å². The first-order valence-corrected chi connectivity index (χ1v) is 3.31. The first-order chi connectivity index (χ1) is 4.72. The zero-order chi connectivity index (χ0) is 7.56. The number of amides is 1. The second-order valence-corrected chi connectivity index (χ2v) is 2.35. The van der Waals surface area contributed by atoms with Gasteiger partial charge in [0.05, 0.1) is 6.61 Å². The molecule has 0 aromatic carbocycles. The topological polar surface area (TPSA) is 29.5 Å². The molecule has 0 radical (unpaired) electrons. The molecule has 56 valence electrons. The van der Waals surface area contributed by atoms with Crippen molar-refractivity contribution in [3.63, 3.8) is 0 Å². The molecule has 0 N–H and O–H groups in total. The molecule has 3 nitrogen and oxygen atoms in total. The predicted octanol–water partition coefficient (Wildman–Crippen LogP) is 1.36. The number of hydrogen-bond donors (Lipinski definition) is 0. The fourth-order valence-electron chi connectivity index (χ4n) is 0.898. The van der Waals surface area contributed by atoms with Crippen LogP contribution in [0.5, 0.6) is 0 Å². The monoisotopic (exact) mass is 141 g/mol. The summed E-state index contributed by atoms with van der Waals surface area (Å²) in [5, 5.41) is 0. The molecule has 10 heavy (non-hydrogen) atoms. The van der Waals surface area contributed by atoms with Gasteiger partial charge in [-0.05, 0) is 13.3 Å². The molecule has 0 atom stereocenters. The van der Waals surface area contributed by atoms with Crippen LogP contribution < -0.4 is 0 Å². The minimum atomic E-state index is -0.265. The van der Waals surface area contributed by atoms with Gasteiger partial charge in [0.15, 0.2) is 0 Å². The average Bonchev–Trinajstić information content (AvgIpc) is 1.88. The average molecular weight is 141 g/mol. The van der Waals surface area contributed by atoms with Crippen LogP contribution in [0.2, 0.25) is 0 Å². The molecule has 0 aromatic rings. The number of hydrogen-bond acceptors (Lipinski definition) is 2. The highest BCUT2D eigenvalue weighted by molar-refractivity contribution is 5.70. The molecule has 1 saturated heterocycles. The van der Waals surface area contributed by atoms with E-state index in [1.54, 1.807) is 11.8 Å². The van der Waals surface area contributed by atoms with Gasteiger partial charge in [0, 0.05) is 12.2 Å². The summed E-state index contributed by atoms with van der Waals surface area (Å²) in [5.74, 6) is 0. The van der Waals surface area contributed by atoms with E-state index in [1.807, 2.05) is 0 Å². The minimum Gasteiger partial charge on any atom is -0.449 e. The zero-order valence-corrected chi connectivity index (χ0v) is 6.09. The Bertz CT molecular complexity index is 165. The minimum absolute atomic E-state index is 0.265. The van der Waals surface area contributed by atoms with Crippen molar-refractivity contribution >= 4 is 6.09 Å². The van der Waals surface area contributed by atoms with Gasteiger partial charge in [0.25, 0.3) is 0 Å². The van der Waals surface area contributed by atoms with Crippen molar-refractivity contribution in [1.82, 2.24) is 4.90 Å². The predicted molar refractivity (Wildman–Crippen MR) is 37.5 cm³/mol. The third kappa shape index (κ3) is 1.29. The fourth-order valence-corrected chi connectivity index (χ4v) is 0.898. The first-order valence-electron chi connectivity index (χ1n) is 3.31. The lowest BCUT2D eigenvalue weighted by atomic mass is 10.3. The standard InChI is InChI=1S/C7H11NO2/c1-6(2)8-4-3-5-10-7(8)9/h1,3-5H2,2H3. The lowest BCUT2D eigenvalue weighted by molar-refractivity contribution is 0.0861. The highest BCUT2D eigenvalue weighted by Gasteiger charge is 2.19. The second kappa shape index (κ2) is 2.73. The molecular weight excluding hydrogens is 130 g/mol. The van der Waals surface area contributed by atoms with Gasteiger partial charge in [-0.15, -0.1) is 0 Å². The molecule has 0 saturated carbocycles. The SMILES string of the molecule is C=C(C)N1CCCOC1=O. The lowest BCUT2D eigenvalue weighted by Gasteiger charge is -2.25. The fraction of sp³-hybridized carbons (Fsp3) is 0.571. The number of nitrogens with zero attached hydrogens (tertiary/aromatic N) is 1. The van der Waals surface area contributed by atoms with Crippen LogP contribution in [-0.4, -0.2) is 24.1 Å². The van der Waals surface area contributed by atoms with Gasteiger partial charge in [-0.25, -0.2) is 4.79 Å². The van der Waals surface area contributed by atoms with E-state index in [0.717, 1.165) is 18.7 Å². The summed E-state index contributed by atoms with van der Waals surface area (Å²) in [4.78, 5) is 12.4. The third-order valence-corrected chi connectivity index (χ3v) is 1.43. The van der Waals surface area contributed by atoms with Crippen LogP contribution in [0, 0.1) is 0 Å². The van der Waals surface area contributed by atoms with Gasteiger partial charge >= 0.3 is 6.09 Å². The Morgan fingerprint density at radius 1 is 1.80 bits per heavy atom. The molecule has 0 spiro atoms. The summed E-state index contributed by atoms with van der Waals surface area (Å²) in [7, 11) is 0. The number of cyclic esters (lactones) is 1. The van der Waals surface area contributed by atoms with Gasteiger partial charge in [0.1, 0.15) is 0 Å². The summed E-state index contributed by atoms with van der Waals surface area (Å²) in [6, 6.07) is 0. The van der Waals surface area contributed by atoms with Crippen LogP contribution in [0.4, 0.5) is 4.79 Å². The maximum Gasteiger partial charge on any atom is 0.413 e. The van der Waals surface area contributed by atoms with E-state index >= 15 is 0 Å². The van der Waals surface area contributed by atoms with Crippen LogP contribution in [-0.2, 0) is 4.74 Å². The summed E-state index contributed by atoms with van der Waals surface area (Å²) >= 11 is 0. The van der Waals surface area contributed by atoms with Crippen LogP contribution in [0.15, 0.2) is 12.3 Å². The van der Waals surface area contributed by atoms with Crippen LogP contribution in [0.3, 0.4) is 0 Å². The molecule has 1 amide bonds. The van der Waals surface area contributed by atoms with E-state index in [0.29, 0.717) is 6.61 Å². The Labute approximate surface area is 60.3 Å². The number of allylic oxidation sites excluding steroid dienone is 1. The first kappa shape index (κ1) is 7.12.